The van der Waals surface area contributed by atoms with E-state index in [4.69, 9.17) is 0 Å². The molecule has 7 rings (SSSR count). The van der Waals surface area contributed by atoms with Crippen LogP contribution in [-0.4, -0.2) is 4.57 Å². The Morgan fingerprint density at radius 1 is 0.444 bits per heavy atom. The quantitative estimate of drug-likeness (QED) is 0.150. The van der Waals surface area contributed by atoms with Gasteiger partial charge < -0.3 is 14.4 Å². The number of aryl methyl sites for hydroxylation is 1. The summed E-state index contributed by atoms with van der Waals surface area (Å²) in [4.78, 5) is 5.11. The van der Waals surface area contributed by atoms with Crippen molar-refractivity contribution < 1.29 is 0 Å². The first-order chi connectivity index (χ1) is 22.3. The van der Waals surface area contributed by atoms with Crippen molar-refractivity contribution in [3.63, 3.8) is 0 Å². The molecule has 0 saturated heterocycles. The van der Waals surface area contributed by atoms with E-state index in [1.165, 1.54) is 55.4 Å². The summed E-state index contributed by atoms with van der Waals surface area (Å²) in [6.07, 6.45) is 0. The molecule has 0 aliphatic carbocycles. The molecule has 0 aliphatic rings. The van der Waals surface area contributed by atoms with Gasteiger partial charge in [-0.25, -0.2) is 0 Å². The van der Waals surface area contributed by atoms with E-state index in [1.54, 1.807) is 0 Å². The van der Waals surface area contributed by atoms with Crippen LogP contribution in [0.4, 0.5) is 11.4 Å². The molecule has 0 aliphatic heterocycles. The van der Waals surface area contributed by atoms with Crippen LogP contribution in [0.2, 0.25) is 0 Å². The molecule has 0 saturated carbocycles. The minimum absolute atomic E-state index is 0.816. The van der Waals surface area contributed by atoms with E-state index in [0.29, 0.717) is 0 Å². The van der Waals surface area contributed by atoms with Crippen LogP contribution in [0.1, 0.15) is 29.2 Å². The molecule has 0 amide bonds. The van der Waals surface area contributed by atoms with Crippen LogP contribution < -0.4 is 9.80 Å². The second kappa shape index (κ2) is 13.2. The molecule has 0 bridgehead atoms. The molecule has 0 N–H and O–H groups in total. The maximum Gasteiger partial charge on any atom is 0.0730 e. The van der Waals surface area contributed by atoms with Gasteiger partial charge in [0.1, 0.15) is 0 Å². The Balaban J connectivity index is 1.45. The van der Waals surface area contributed by atoms with Gasteiger partial charge in [0.25, 0.3) is 0 Å². The first-order valence-electron chi connectivity index (χ1n) is 16.0. The molecule has 3 nitrogen and oxygen atoms in total. The van der Waals surface area contributed by atoms with Crippen molar-refractivity contribution in [1.82, 2.24) is 4.57 Å². The maximum atomic E-state index is 2.57. The Hall–Kier alpha value is -5.28. The van der Waals surface area contributed by atoms with Gasteiger partial charge >= 0.3 is 0 Å². The zero-order chi connectivity index (χ0) is 30.4. The number of para-hydroxylation sites is 1. The van der Waals surface area contributed by atoms with Crippen molar-refractivity contribution >= 4 is 33.2 Å². The van der Waals surface area contributed by atoms with Gasteiger partial charge in [-0.05, 0) is 47.4 Å². The molecule has 1 aromatic heterocycles. The summed E-state index contributed by atoms with van der Waals surface area (Å²) in [6.45, 7) is 6.45. The predicted octanol–water partition coefficient (Wildman–Crippen LogP) is 10.2. The van der Waals surface area contributed by atoms with Crippen molar-refractivity contribution in [2.24, 2.45) is 0 Å². The van der Waals surface area contributed by atoms with E-state index >= 15 is 0 Å². The fourth-order valence-electron chi connectivity index (χ4n) is 6.58. The molecule has 1 heterocycles. The largest absolute Gasteiger partial charge is 0.363 e. The van der Waals surface area contributed by atoms with Crippen LogP contribution in [0, 0.1) is 0 Å². The lowest BCUT2D eigenvalue weighted by molar-refractivity contribution is 0.780. The number of hydrogen-bond donors (Lipinski definition) is 0. The lowest BCUT2D eigenvalue weighted by atomic mass is 10.1. The topological polar surface area (TPSA) is 11.4 Å². The van der Waals surface area contributed by atoms with Gasteiger partial charge in [-0.3, -0.25) is 0 Å². The van der Waals surface area contributed by atoms with Gasteiger partial charge in [0, 0.05) is 54.7 Å². The van der Waals surface area contributed by atoms with E-state index in [2.05, 4.69) is 179 Å². The van der Waals surface area contributed by atoms with Gasteiger partial charge in [0.05, 0.1) is 11.2 Å². The Kier molecular flexibility index (Phi) is 8.33. The number of hydrogen-bond acceptors (Lipinski definition) is 2. The third-order valence-corrected chi connectivity index (χ3v) is 8.72. The first-order valence-corrected chi connectivity index (χ1v) is 16.0. The van der Waals surface area contributed by atoms with Gasteiger partial charge in [0.2, 0.25) is 0 Å². The summed E-state index contributed by atoms with van der Waals surface area (Å²) in [5.41, 5.74) is 10.3. The van der Waals surface area contributed by atoms with Crippen molar-refractivity contribution in [3.8, 4) is 0 Å². The number of anilines is 2. The highest BCUT2D eigenvalue weighted by Gasteiger charge is 2.22. The predicted molar refractivity (Wildman–Crippen MR) is 191 cm³/mol. The number of fused-ring (bicyclic) bond motifs is 3. The highest BCUT2D eigenvalue weighted by Crippen LogP contribution is 2.41. The number of rotatable bonds is 11. The Morgan fingerprint density at radius 2 is 0.867 bits per heavy atom. The zero-order valence-corrected chi connectivity index (χ0v) is 25.9. The monoisotopic (exact) mass is 585 g/mol. The molecular weight excluding hydrogens is 546 g/mol. The van der Waals surface area contributed by atoms with Crippen LogP contribution >= 0.6 is 0 Å². The second-order valence-electron chi connectivity index (χ2n) is 11.8. The molecule has 45 heavy (non-hydrogen) atoms. The average Bonchev–Trinajstić information content (AvgIpc) is 3.43. The van der Waals surface area contributed by atoms with Crippen molar-refractivity contribution in [1.29, 1.82) is 0 Å². The van der Waals surface area contributed by atoms with Gasteiger partial charge in [-0.1, -0.05) is 140 Å². The molecule has 7 aromatic rings. The van der Waals surface area contributed by atoms with Crippen LogP contribution in [0.15, 0.2) is 158 Å². The van der Waals surface area contributed by atoms with Crippen molar-refractivity contribution in [2.75, 3.05) is 9.80 Å². The van der Waals surface area contributed by atoms with E-state index in [-0.39, 0.29) is 0 Å². The Bertz CT molecular complexity index is 1900. The molecule has 6 aromatic carbocycles. The van der Waals surface area contributed by atoms with Crippen molar-refractivity contribution in [3.05, 3.63) is 180 Å². The number of benzene rings is 6. The summed E-state index contributed by atoms with van der Waals surface area (Å²) < 4.78 is 2.51. The summed E-state index contributed by atoms with van der Waals surface area (Å²) in [5.74, 6) is 0. The first kappa shape index (κ1) is 28.5. The van der Waals surface area contributed by atoms with Crippen LogP contribution in [0.25, 0.3) is 21.8 Å². The normalized spacial score (nSPS) is 11.2. The fourth-order valence-corrected chi connectivity index (χ4v) is 6.58. The summed E-state index contributed by atoms with van der Waals surface area (Å²) >= 11 is 0. The summed E-state index contributed by atoms with van der Waals surface area (Å²) in [5, 5.41) is 2.60. The average molecular weight is 586 g/mol. The third-order valence-electron chi connectivity index (χ3n) is 8.72. The molecular formula is C42H39N3. The van der Waals surface area contributed by atoms with Crippen molar-refractivity contribution in [2.45, 2.75) is 39.6 Å². The summed E-state index contributed by atoms with van der Waals surface area (Å²) in [6, 6.07) is 57.2. The lowest BCUT2D eigenvalue weighted by Gasteiger charge is -2.31. The van der Waals surface area contributed by atoms with Crippen LogP contribution in [0.5, 0.6) is 0 Å². The highest BCUT2D eigenvalue weighted by molar-refractivity contribution is 6.13. The molecule has 222 valence electrons. The Labute approximate surface area is 266 Å². The highest BCUT2D eigenvalue weighted by atomic mass is 15.2. The smallest absolute Gasteiger partial charge is 0.0730 e. The number of aromatic nitrogens is 1. The lowest BCUT2D eigenvalue weighted by Crippen LogP contribution is -2.25. The second-order valence-corrected chi connectivity index (χ2v) is 11.8. The standard InChI is InChI=1S/C42H39N3/c1-2-45-40-26-16-15-25-38(40)39-27-37(43(29-33-17-7-3-8-18-33)30-34-19-9-4-10-20-34)28-41(42(39)45)44(31-35-21-11-5-12-22-35)32-36-23-13-6-14-24-36/h3-28H,2,29-32H2,1H3. The third kappa shape index (κ3) is 6.21. The molecule has 0 fully saturated rings. The van der Waals surface area contributed by atoms with Gasteiger partial charge in [-0.2, -0.15) is 0 Å². The molecule has 0 atom stereocenters. The summed E-state index contributed by atoms with van der Waals surface area (Å²) in [7, 11) is 0. The van der Waals surface area contributed by atoms with E-state index in [1.807, 2.05) is 0 Å². The fraction of sp³-hybridized carbons (Fsp3) is 0.143. The van der Waals surface area contributed by atoms with E-state index < -0.39 is 0 Å². The van der Waals surface area contributed by atoms with Crippen LogP contribution in [0.3, 0.4) is 0 Å². The SMILES string of the molecule is CCn1c2ccccc2c2cc(N(Cc3ccccc3)Cc3ccccc3)cc(N(Cc3ccccc3)Cc3ccccc3)c21. The Morgan fingerprint density at radius 3 is 1.33 bits per heavy atom. The maximum absolute atomic E-state index is 2.57. The van der Waals surface area contributed by atoms with E-state index in [0.717, 1.165) is 32.7 Å². The van der Waals surface area contributed by atoms with Gasteiger partial charge in [-0.15, -0.1) is 0 Å². The minimum atomic E-state index is 0.816. The minimum Gasteiger partial charge on any atom is -0.363 e. The molecule has 3 heteroatoms. The van der Waals surface area contributed by atoms with Gasteiger partial charge in [0.15, 0.2) is 0 Å². The van der Waals surface area contributed by atoms with E-state index in [9.17, 15) is 0 Å². The zero-order valence-electron chi connectivity index (χ0n) is 25.9. The molecule has 0 spiro atoms. The van der Waals surface area contributed by atoms with Crippen LogP contribution in [-0.2, 0) is 32.7 Å². The number of nitrogens with zero attached hydrogens (tertiary/aromatic N) is 3. The molecule has 0 unspecified atom stereocenters. The molecule has 0 radical (unpaired) electrons.